The summed E-state index contributed by atoms with van der Waals surface area (Å²) in [6, 6.07) is 9.00. The highest BCUT2D eigenvalue weighted by atomic mass is 32.2. The van der Waals surface area contributed by atoms with Gasteiger partial charge in [0.2, 0.25) is 5.91 Å². The van der Waals surface area contributed by atoms with Crippen LogP contribution in [0.1, 0.15) is 12.0 Å². The number of benzene rings is 1. The van der Waals surface area contributed by atoms with E-state index in [-0.39, 0.29) is 5.91 Å². The molecule has 0 aromatic heterocycles. The molecule has 0 unspecified atom stereocenters. The second-order valence-electron chi connectivity index (χ2n) is 3.40. The Morgan fingerprint density at radius 3 is 2.94 bits per heavy atom. The molecule has 0 radical (unpaired) electrons. The third-order valence-electron chi connectivity index (χ3n) is 2.05. The summed E-state index contributed by atoms with van der Waals surface area (Å²) in [4.78, 5) is 11.6. The van der Waals surface area contributed by atoms with Gasteiger partial charge in [-0.15, -0.1) is 0 Å². The molecule has 0 fully saturated rings. The highest BCUT2D eigenvalue weighted by Gasteiger charge is 2.05. The molecule has 1 aromatic carbocycles. The Bertz CT molecular complexity index is 414. The molecule has 0 spiro atoms. The Balaban J connectivity index is 2.43. The maximum absolute atomic E-state index is 11.6. The summed E-state index contributed by atoms with van der Waals surface area (Å²) in [6.45, 7) is 0.645. The number of nitrogens with zero attached hydrogens (tertiary/aromatic N) is 1. The first-order chi connectivity index (χ1) is 8.27. The highest BCUT2D eigenvalue weighted by Crippen LogP contribution is 2.14. The van der Waals surface area contributed by atoms with Crippen LogP contribution in [0.3, 0.4) is 0 Å². The zero-order chi connectivity index (χ0) is 12.5. The second kappa shape index (κ2) is 7.71. The van der Waals surface area contributed by atoms with Gasteiger partial charge in [0.15, 0.2) is 0 Å². The highest BCUT2D eigenvalue weighted by molar-refractivity contribution is 7.99. The molecule has 1 rings (SSSR count). The van der Waals surface area contributed by atoms with Gasteiger partial charge in [0, 0.05) is 0 Å². The van der Waals surface area contributed by atoms with Crippen molar-refractivity contribution < 1.29 is 4.79 Å². The van der Waals surface area contributed by atoms with Crippen LogP contribution in [0.4, 0.5) is 5.69 Å². The van der Waals surface area contributed by atoms with Gasteiger partial charge in [-0.05, 0) is 30.9 Å². The zero-order valence-corrected chi connectivity index (χ0v) is 10.3. The number of nitrogens with two attached hydrogens (primary N) is 1. The molecule has 17 heavy (non-hydrogen) atoms. The fourth-order valence-corrected chi connectivity index (χ4v) is 2.00. The van der Waals surface area contributed by atoms with Gasteiger partial charge in [0.05, 0.1) is 17.0 Å². The molecule has 0 aliphatic rings. The molecule has 0 bridgehead atoms. The predicted octanol–water partition coefficient (Wildman–Crippen LogP) is 1.58. The molecule has 0 saturated carbocycles. The van der Waals surface area contributed by atoms with E-state index in [1.165, 1.54) is 0 Å². The van der Waals surface area contributed by atoms with Crippen LogP contribution in [0.15, 0.2) is 24.3 Å². The number of thioether (sulfide) groups is 1. The molecule has 0 heterocycles. The summed E-state index contributed by atoms with van der Waals surface area (Å²) < 4.78 is 0. The zero-order valence-electron chi connectivity index (χ0n) is 9.48. The van der Waals surface area contributed by atoms with Crippen molar-refractivity contribution in [3.63, 3.8) is 0 Å². The largest absolute Gasteiger partial charge is 0.330 e. The summed E-state index contributed by atoms with van der Waals surface area (Å²) in [5, 5.41) is 11.6. The second-order valence-corrected chi connectivity index (χ2v) is 4.51. The van der Waals surface area contributed by atoms with Gasteiger partial charge < -0.3 is 11.1 Å². The van der Waals surface area contributed by atoms with Crippen LogP contribution in [0.2, 0.25) is 0 Å². The minimum Gasteiger partial charge on any atom is -0.330 e. The smallest absolute Gasteiger partial charge is 0.234 e. The Morgan fingerprint density at radius 1 is 1.47 bits per heavy atom. The van der Waals surface area contributed by atoms with Crippen LogP contribution < -0.4 is 11.1 Å². The van der Waals surface area contributed by atoms with Gasteiger partial charge in [-0.3, -0.25) is 4.79 Å². The quantitative estimate of drug-likeness (QED) is 0.750. The van der Waals surface area contributed by atoms with E-state index in [1.807, 2.05) is 6.07 Å². The van der Waals surface area contributed by atoms with Crippen LogP contribution in [0, 0.1) is 11.3 Å². The van der Waals surface area contributed by atoms with Gasteiger partial charge in [0.25, 0.3) is 0 Å². The maximum Gasteiger partial charge on any atom is 0.234 e. The number of para-hydroxylation sites is 1. The monoisotopic (exact) mass is 249 g/mol. The van der Waals surface area contributed by atoms with Crippen LogP contribution in [-0.4, -0.2) is 24.0 Å². The van der Waals surface area contributed by atoms with Crippen LogP contribution in [0.5, 0.6) is 0 Å². The first kappa shape index (κ1) is 13.6. The number of carbonyl (C=O) groups excluding carboxylic acids is 1. The average Bonchev–Trinajstić information content (AvgIpc) is 2.35. The molecule has 4 nitrogen and oxygen atoms in total. The van der Waals surface area contributed by atoms with Gasteiger partial charge in [-0.1, -0.05) is 12.1 Å². The van der Waals surface area contributed by atoms with Gasteiger partial charge in [-0.25, -0.2) is 0 Å². The van der Waals surface area contributed by atoms with Gasteiger partial charge >= 0.3 is 0 Å². The SMILES string of the molecule is N#Cc1ccccc1NC(=O)CSCCCN. The standard InChI is InChI=1S/C12H15N3OS/c13-6-3-7-17-9-12(16)15-11-5-2-1-4-10(11)8-14/h1-2,4-5H,3,6-7,9,13H2,(H,15,16). The lowest BCUT2D eigenvalue weighted by Gasteiger charge is -2.06. The topological polar surface area (TPSA) is 78.9 Å². The molecule has 0 atom stereocenters. The predicted molar refractivity (Wildman–Crippen MR) is 70.8 cm³/mol. The van der Waals surface area contributed by atoms with Crippen molar-refractivity contribution in [1.29, 1.82) is 5.26 Å². The van der Waals surface area contributed by atoms with E-state index in [4.69, 9.17) is 11.0 Å². The molecule has 0 saturated heterocycles. The molecular formula is C12H15N3OS. The summed E-state index contributed by atoms with van der Waals surface area (Å²) >= 11 is 1.54. The van der Waals surface area contributed by atoms with Crippen molar-refractivity contribution in [2.24, 2.45) is 5.73 Å². The lowest BCUT2D eigenvalue weighted by Crippen LogP contribution is -2.15. The number of rotatable bonds is 6. The Labute approximate surface area is 105 Å². The molecule has 1 aromatic rings. The van der Waals surface area contributed by atoms with E-state index in [2.05, 4.69) is 5.32 Å². The van der Waals surface area contributed by atoms with E-state index >= 15 is 0 Å². The number of nitriles is 1. The first-order valence-corrected chi connectivity index (χ1v) is 6.50. The van der Waals surface area contributed by atoms with Gasteiger partial charge in [0.1, 0.15) is 6.07 Å². The third kappa shape index (κ3) is 4.89. The Hall–Kier alpha value is -1.51. The summed E-state index contributed by atoms with van der Waals surface area (Å²) in [5.74, 6) is 1.18. The minimum absolute atomic E-state index is 0.0882. The number of hydrogen-bond donors (Lipinski definition) is 2. The number of anilines is 1. The molecule has 0 aliphatic heterocycles. The van der Waals surface area contributed by atoms with E-state index < -0.39 is 0 Å². The number of hydrogen-bond acceptors (Lipinski definition) is 4. The van der Waals surface area contributed by atoms with Crippen LogP contribution in [-0.2, 0) is 4.79 Å². The van der Waals surface area contributed by atoms with Crippen molar-refractivity contribution in [3.8, 4) is 6.07 Å². The van der Waals surface area contributed by atoms with Crippen LogP contribution in [0.25, 0.3) is 0 Å². The van der Waals surface area contributed by atoms with Crippen LogP contribution >= 0.6 is 11.8 Å². The van der Waals surface area contributed by atoms with E-state index in [1.54, 1.807) is 36.0 Å². The lowest BCUT2D eigenvalue weighted by atomic mass is 10.2. The van der Waals surface area contributed by atoms with Crippen molar-refractivity contribution in [2.75, 3.05) is 23.4 Å². The van der Waals surface area contributed by atoms with Crippen molar-refractivity contribution in [3.05, 3.63) is 29.8 Å². The molecule has 5 heteroatoms. The first-order valence-electron chi connectivity index (χ1n) is 5.34. The molecule has 3 N–H and O–H groups in total. The number of nitrogens with one attached hydrogen (secondary N) is 1. The van der Waals surface area contributed by atoms with E-state index in [0.717, 1.165) is 12.2 Å². The van der Waals surface area contributed by atoms with E-state index in [9.17, 15) is 4.79 Å². The normalized spacial score (nSPS) is 9.65. The number of amides is 1. The van der Waals surface area contributed by atoms with Crippen molar-refractivity contribution >= 4 is 23.4 Å². The fraction of sp³-hybridized carbons (Fsp3) is 0.333. The molecule has 90 valence electrons. The summed E-state index contributed by atoms with van der Waals surface area (Å²) in [7, 11) is 0. The summed E-state index contributed by atoms with van der Waals surface area (Å²) in [6.07, 6.45) is 0.909. The van der Waals surface area contributed by atoms with Crippen molar-refractivity contribution in [1.82, 2.24) is 0 Å². The Kier molecular flexibility index (Phi) is 6.15. The molecule has 0 aliphatic carbocycles. The van der Waals surface area contributed by atoms with Gasteiger partial charge in [-0.2, -0.15) is 17.0 Å². The Morgan fingerprint density at radius 2 is 2.24 bits per heavy atom. The summed E-state index contributed by atoms with van der Waals surface area (Å²) in [5.41, 5.74) is 6.41. The lowest BCUT2D eigenvalue weighted by molar-refractivity contribution is -0.113. The van der Waals surface area contributed by atoms with Crippen molar-refractivity contribution in [2.45, 2.75) is 6.42 Å². The number of carbonyl (C=O) groups is 1. The minimum atomic E-state index is -0.0882. The average molecular weight is 249 g/mol. The third-order valence-corrected chi connectivity index (χ3v) is 3.09. The maximum atomic E-state index is 11.6. The fourth-order valence-electron chi connectivity index (χ4n) is 1.23. The molecule has 1 amide bonds. The van der Waals surface area contributed by atoms with E-state index in [0.29, 0.717) is 23.5 Å². The molecular weight excluding hydrogens is 234 g/mol.